The zero-order valence-corrected chi connectivity index (χ0v) is 14.8. The van der Waals surface area contributed by atoms with Gasteiger partial charge in [-0.15, -0.1) is 11.3 Å². The Bertz CT molecular complexity index is 878. The van der Waals surface area contributed by atoms with Gasteiger partial charge < -0.3 is 5.32 Å². The zero-order valence-electron chi connectivity index (χ0n) is 12.4. The number of carbonyl (C=O) groups is 1. The first kappa shape index (κ1) is 16.1. The summed E-state index contributed by atoms with van der Waals surface area (Å²) in [4.78, 5) is 17.9. The van der Waals surface area contributed by atoms with Crippen LogP contribution in [0.2, 0.25) is 0 Å². The predicted molar refractivity (Wildman–Crippen MR) is 94.5 cm³/mol. The molecule has 0 saturated heterocycles. The Morgan fingerprint density at radius 3 is 2.87 bits per heavy atom. The minimum absolute atomic E-state index is 0.156. The maximum absolute atomic E-state index is 13.2. The molecule has 0 radical (unpaired) electrons. The Hall–Kier alpha value is -1.79. The van der Waals surface area contributed by atoms with Gasteiger partial charge in [0.05, 0.1) is 20.6 Å². The molecule has 0 fully saturated rings. The summed E-state index contributed by atoms with van der Waals surface area (Å²) in [6, 6.07) is 10.2. The topological polar surface area (TPSA) is 42.0 Å². The van der Waals surface area contributed by atoms with Crippen LogP contribution in [0, 0.1) is 12.7 Å². The van der Waals surface area contributed by atoms with Gasteiger partial charge >= 0.3 is 0 Å². The average molecular weight is 393 g/mol. The molecular weight excluding hydrogens is 379 g/mol. The van der Waals surface area contributed by atoms with Gasteiger partial charge in [0.2, 0.25) is 0 Å². The molecule has 0 unspecified atom stereocenters. The lowest BCUT2D eigenvalue weighted by Gasteiger charge is -2.08. The van der Waals surface area contributed by atoms with Crippen LogP contribution in [-0.2, 0) is 6.42 Å². The molecule has 2 heterocycles. The van der Waals surface area contributed by atoms with E-state index in [1.807, 2.05) is 12.1 Å². The number of pyridine rings is 1. The third-order valence-corrected chi connectivity index (χ3v) is 5.18. The molecule has 0 aliphatic carbocycles. The van der Waals surface area contributed by atoms with Crippen LogP contribution in [0.3, 0.4) is 0 Å². The van der Waals surface area contributed by atoms with Gasteiger partial charge in [-0.2, -0.15) is 0 Å². The van der Waals surface area contributed by atoms with Crippen molar-refractivity contribution < 1.29 is 9.18 Å². The number of aromatic nitrogens is 1. The Kier molecular flexibility index (Phi) is 4.73. The van der Waals surface area contributed by atoms with E-state index in [0.29, 0.717) is 23.3 Å². The highest BCUT2D eigenvalue weighted by Crippen LogP contribution is 2.22. The van der Waals surface area contributed by atoms with Crippen LogP contribution in [0.5, 0.6) is 0 Å². The summed E-state index contributed by atoms with van der Waals surface area (Å²) in [6.07, 6.45) is 0.785. The minimum Gasteiger partial charge on any atom is -0.352 e. The summed E-state index contributed by atoms with van der Waals surface area (Å²) in [5.74, 6) is -0.486. The van der Waals surface area contributed by atoms with Crippen molar-refractivity contribution in [3.63, 3.8) is 0 Å². The number of hydrogen-bond acceptors (Lipinski definition) is 3. The van der Waals surface area contributed by atoms with E-state index in [1.165, 1.54) is 17.0 Å². The highest BCUT2D eigenvalue weighted by Gasteiger charge is 2.12. The fourth-order valence-electron chi connectivity index (χ4n) is 2.35. The van der Waals surface area contributed by atoms with E-state index < -0.39 is 0 Å². The molecule has 0 spiro atoms. The van der Waals surface area contributed by atoms with Gasteiger partial charge in [0.15, 0.2) is 0 Å². The number of aryl methyl sites for hydroxylation is 1. The molecule has 3 nitrogen and oxygen atoms in total. The molecule has 1 amide bonds. The minimum atomic E-state index is -0.330. The number of hydrogen-bond donors (Lipinski definition) is 1. The van der Waals surface area contributed by atoms with Crippen LogP contribution in [0.4, 0.5) is 4.39 Å². The highest BCUT2D eigenvalue weighted by atomic mass is 79.9. The predicted octanol–water partition coefficient (Wildman–Crippen LogP) is 4.48. The lowest BCUT2D eigenvalue weighted by molar-refractivity contribution is 0.0953. The molecule has 23 heavy (non-hydrogen) atoms. The Morgan fingerprint density at radius 1 is 1.30 bits per heavy atom. The van der Waals surface area contributed by atoms with Gasteiger partial charge in [0, 0.05) is 22.9 Å². The van der Waals surface area contributed by atoms with Crippen molar-refractivity contribution in [2.45, 2.75) is 13.3 Å². The van der Waals surface area contributed by atoms with Gasteiger partial charge in [-0.3, -0.25) is 9.78 Å². The Labute approximate surface area is 145 Å². The summed E-state index contributed by atoms with van der Waals surface area (Å²) < 4.78 is 14.3. The standard InChI is InChI=1S/C17H14BrFN2OS/c1-10-14(8-11-2-3-12(19)9-15(11)21-10)17(22)20-7-6-13-4-5-16(18)23-13/h2-5,8-9H,6-7H2,1H3,(H,20,22). The summed E-state index contributed by atoms with van der Waals surface area (Å²) in [5, 5.41) is 3.67. The van der Waals surface area contributed by atoms with Gasteiger partial charge in [-0.25, -0.2) is 4.39 Å². The molecule has 0 atom stereocenters. The number of nitrogens with one attached hydrogen (secondary N) is 1. The van der Waals surface area contributed by atoms with Crippen molar-refractivity contribution in [1.29, 1.82) is 0 Å². The number of benzene rings is 1. The number of halogens is 2. The number of rotatable bonds is 4. The first-order valence-corrected chi connectivity index (χ1v) is 8.73. The fourth-order valence-corrected chi connectivity index (χ4v) is 3.83. The van der Waals surface area contributed by atoms with Crippen LogP contribution < -0.4 is 5.32 Å². The van der Waals surface area contributed by atoms with E-state index in [4.69, 9.17) is 0 Å². The molecule has 3 aromatic rings. The second kappa shape index (κ2) is 6.76. The maximum Gasteiger partial charge on any atom is 0.253 e. The van der Waals surface area contributed by atoms with Crippen molar-refractivity contribution in [2.75, 3.05) is 6.54 Å². The number of amides is 1. The molecule has 0 bridgehead atoms. The second-order valence-corrected chi connectivity index (χ2v) is 7.72. The molecular formula is C17H14BrFN2OS. The molecule has 0 saturated carbocycles. The smallest absolute Gasteiger partial charge is 0.253 e. The lowest BCUT2D eigenvalue weighted by atomic mass is 10.1. The van der Waals surface area contributed by atoms with Crippen LogP contribution in [-0.4, -0.2) is 17.4 Å². The first-order valence-electron chi connectivity index (χ1n) is 7.12. The molecule has 6 heteroatoms. The number of nitrogens with zero attached hydrogens (tertiary/aromatic N) is 1. The normalized spacial score (nSPS) is 10.9. The molecule has 3 rings (SSSR count). The maximum atomic E-state index is 13.2. The third kappa shape index (κ3) is 3.76. The highest BCUT2D eigenvalue weighted by molar-refractivity contribution is 9.11. The molecule has 0 aliphatic rings. The van der Waals surface area contributed by atoms with E-state index in [9.17, 15) is 9.18 Å². The zero-order chi connectivity index (χ0) is 16.4. The molecule has 118 valence electrons. The van der Waals surface area contributed by atoms with Crippen molar-refractivity contribution >= 4 is 44.1 Å². The van der Waals surface area contributed by atoms with E-state index in [1.54, 1.807) is 30.4 Å². The first-order chi connectivity index (χ1) is 11.0. The summed E-state index contributed by atoms with van der Waals surface area (Å²) in [7, 11) is 0. The van der Waals surface area contributed by atoms with E-state index in [0.717, 1.165) is 15.6 Å². The summed E-state index contributed by atoms with van der Waals surface area (Å²) >= 11 is 5.08. The van der Waals surface area contributed by atoms with Crippen LogP contribution >= 0.6 is 27.3 Å². The quantitative estimate of drug-likeness (QED) is 0.710. The Balaban J connectivity index is 1.72. The third-order valence-electron chi connectivity index (χ3n) is 3.50. The van der Waals surface area contributed by atoms with Crippen molar-refractivity contribution in [1.82, 2.24) is 10.3 Å². The number of fused-ring (bicyclic) bond motifs is 1. The second-order valence-electron chi connectivity index (χ2n) is 5.17. The van der Waals surface area contributed by atoms with E-state index >= 15 is 0 Å². The average Bonchev–Trinajstić information content (AvgIpc) is 2.91. The number of carbonyl (C=O) groups excluding carboxylic acids is 1. The molecule has 1 aromatic carbocycles. The van der Waals surface area contributed by atoms with Gasteiger partial charge in [0.25, 0.3) is 5.91 Å². The fraction of sp³-hybridized carbons (Fsp3) is 0.176. The Morgan fingerprint density at radius 2 is 2.13 bits per heavy atom. The van der Waals surface area contributed by atoms with Crippen LogP contribution in [0.25, 0.3) is 10.9 Å². The largest absolute Gasteiger partial charge is 0.352 e. The molecule has 1 N–H and O–H groups in total. The van der Waals surface area contributed by atoms with Crippen molar-refractivity contribution in [2.24, 2.45) is 0 Å². The monoisotopic (exact) mass is 392 g/mol. The lowest BCUT2D eigenvalue weighted by Crippen LogP contribution is -2.26. The van der Waals surface area contributed by atoms with E-state index in [2.05, 4.69) is 26.2 Å². The summed E-state index contributed by atoms with van der Waals surface area (Å²) in [6.45, 7) is 2.32. The van der Waals surface area contributed by atoms with Gasteiger partial charge in [-0.05, 0) is 59.6 Å². The van der Waals surface area contributed by atoms with Crippen LogP contribution in [0.15, 0.2) is 40.2 Å². The molecule has 2 aromatic heterocycles. The van der Waals surface area contributed by atoms with Crippen LogP contribution in [0.1, 0.15) is 20.9 Å². The van der Waals surface area contributed by atoms with Crippen molar-refractivity contribution in [3.8, 4) is 0 Å². The van der Waals surface area contributed by atoms with E-state index in [-0.39, 0.29) is 11.7 Å². The van der Waals surface area contributed by atoms with Gasteiger partial charge in [0.1, 0.15) is 5.82 Å². The number of thiophene rings is 1. The van der Waals surface area contributed by atoms with Gasteiger partial charge in [-0.1, -0.05) is 0 Å². The van der Waals surface area contributed by atoms with Crippen molar-refractivity contribution in [3.05, 3.63) is 62.1 Å². The SMILES string of the molecule is Cc1nc2cc(F)ccc2cc1C(=O)NCCc1ccc(Br)s1. The summed E-state index contributed by atoms with van der Waals surface area (Å²) in [5.41, 5.74) is 1.68. The molecule has 0 aliphatic heterocycles.